The molecule has 0 amide bonds. The Morgan fingerprint density at radius 3 is 2.52 bits per heavy atom. The number of rotatable bonds is 3. The van der Waals surface area contributed by atoms with Crippen molar-refractivity contribution in [2.24, 2.45) is 0 Å². The van der Waals surface area contributed by atoms with Crippen LogP contribution in [0.2, 0.25) is 0 Å². The number of anilines is 1. The molecule has 2 N–H and O–H groups in total. The van der Waals surface area contributed by atoms with Crippen molar-refractivity contribution in [1.29, 1.82) is 0 Å². The van der Waals surface area contributed by atoms with E-state index in [1.807, 2.05) is 20.0 Å². The Balaban J connectivity index is 2.02. The van der Waals surface area contributed by atoms with Crippen LogP contribution in [0.4, 0.5) is 5.95 Å². The average molecular weight is 426 g/mol. The fourth-order valence-corrected chi connectivity index (χ4v) is 5.18. The number of nitrogen functional groups attached to an aromatic ring is 1. The number of hydrogen-bond acceptors (Lipinski definition) is 6. The van der Waals surface area contributed by atoms with Crippen molar-refractivity contribution in [3.05, 3.63) is 34.6 Å². The molecule has 1 aromatic carbocycles. The van der Waals surface area contributed by atoms with Crippen molar-refractivity contribution in [1.82, 2.24) is 19.2 Å². The number of nitrogens with two attached hydrogens (primary N) is 1. The molecule has 1 aliphatic rings. The van der Waals surface area contributed by atoms with E-state index < -0.39 is 10.0 Å². The maximum atomic E-state index is 13.1. The largest absolute Gasteiger partial charge is 0.368 e. The first-order chi connectivity index (χ1) is 11.8. The van der Waals surface area contributed by atoms with Gasteiger partial charge >= 0.3 is 0 Å². The highest BCUT2D eigenvalue weighted by atomic mass is 79.9. The Hall–Kier alpha value is -1.55. The Morgan fingerprint density at radius 1 is 1.20 bits per heavy atom. The SMILES string of the molecule is Cc1nc(N)ncc1-c1ccc(Br)c(S(=O)(=O)N2CCN(C)CC2)c1. The molecule has 0 saturated carbocycles. The van der Waals surface area contributed by atoms with Crippen LogP contribution >= 0.6 is 15.9 Å². The first-order valence-corrected chi connectivity index (χ1v) is 10.1. The highest BCUT2D eigenvalue weighted by Crippen LogP contribution is 2.31. The van der Waals surface area contributed by atoms with Crippen LogP contribution in [0.25, 0.3) is 11.1 Å². The monoisotopic (exact) mass is 425 g/mol. The summed E-state index contributed by atoms with van der Waals surface area (Å²) in [5.74, 6) is 0.198. The van der Waals surface area contributed by atoms with E-state index >= 15 is 0 Å². The summed E-state index contributed by atoms with van der Waals surface area (Å²) in [5, 5.41) is 0. The normalized spacial score (nSPS) is 16.9. The molecule has 1 aromatic heterocycles. The van der Waals surface area contributed by atoms with Crippen LogP contribution in [0.1, 0.15) is 5.69 Å². The molecule has 0 spiro atoms. The van der Waals surface area contributed by atoms with E-state index in [4.69, 9.17) is 5.73 Å². The van der Waals surface area contributed by atoms with Crippen LogP contribution in [0, 0.1) is 6.92 Å². The summed E-state index contributed by atoms with van der Waals surface area (Å²) in [6, 6.07) is 5.25. The molecule has 0 atom stereocenters. The zero-order valence-corrected chi connectivity index (χ0v) is 16.5. The van der Waals surface area contributed by atoms with Crippen LogP contribution in [0.3, 0.4) is 0 Å². The van der Waals surface area contributed by atoms with E-state index in [9.17, 15) is 8.42 Å². The number of piperazine rings is 1. The van der Waals surface area contributed by atoms with E-state index in [0.717, 1.165) is 24.2 Å². The van der Waals surface area contributed by atoms with Crippen LogP contribution < -0.4 is 5.73 Å². The lowest BCUT2D eigenvalue weighted by Gasteiger charge is -2.31. The topological polar surface area (TPSA) is 92.4 Å². The number of halogens is 1. The molecule has 7 nitrogen and oxygen atoms in total. The standard InChI is InChI=1S/C16H20BrN5O2S/c1-11-13(10-19-16(18)20-11)12-3-4-14(17)15(9-12)25(23,24)22-7-5-21(2)6-8-22/h3-4,9-10H,5-8H2,1-2H3,(H2,18,19,20). The van der Waals surface area contributed by atoms with E-state index in [1.54, 1.807) is 18.3 Å². The minimum atomic E-state index is -3.57. The van der Waals surface area contributed by atoms with Crippen molar-refractivity contribution < 1.29 is 8.42 Å². The molecule has 9 heteroatoms. The number of aromatic nitrogens is 2. The molecule has 2 aromatic rings. The number of benzene rings is 1. The Labute approximate surface area is 156 Å². The molecule has 25 heavy (non-hydrogen) atoms. The van der Waals surface area contributed by atoms with Gasteiger partial charge in [0, 0.05) is 42.4 Å². The summed E-state index contributed by atoms with van der Waals surface area (Å²) in [5.41, 5.74) is 7.81. The fourth-order valence-electron chi connectivity index (χ4n) is 2.80. The van der Waals surface area contributed by atoms with Crippen molar-refractivity contribution >= 4 is 31.9 Å². The molecule has 0 bridgehead atoms. The van der Waals surface area contributed by atoms with Crippen molar-refractivity contribution in [3.8, 4) is 11.1 Å². The molecule has 1 saturated heterocycles. The Bertz CT molecular complexity index is 895. The third-order valence-corrected chi connectivity index (χ3v) is 7.21. The minimum absolute atomic E-state index is 0.198. The Morgan fingerprint density at radius 2 is 1.88 bits per heavy atom. The third kappa shape index (κ3) is 3.69. The molecule has 1 aliphatic heterocycles. The maximum Gasteiger partial charge on any atom is 0.244 e. The molecular formula is C16H20BrN5O2S. The second kappa shape index (κ2) is 6.99. The van der Waals surface area contributed by atoms with Crippen LogP contribution in [-0.2, 0) is 10.0 Å². The molecule has 2 heterocycles. The van der Waals surface area contributed by atoms with Gasteiger partial charge in [-0.1, -0.05) is 6.07 Å². The average Bonchev–Trinajstić information content (AvgIpc) is 2.56. The van der Waals surface area contributed by atoms with Gasteiger partial charge in [0.05, 0.1) is 10.6 Å². The predicted octanol–water partition coefficient (Wildman–Crippen LogP) is 1.73. The van der Waals surface area contributed by atoms with Gasteiger partial charge in [-0.2, -0.15) is 4.31 Å². The van der Waals surface area contributed by atoms with Crippen molar-refractivity contribution in [2.45, 2.75) is 11.8 Å². The van der Waals surface area contributed by atoms with Gasteiger partial charge in [0.25, 0.3) is 0 Å². The van der Waals surface area contributed by atoms with Crippen molar-refractivity contribution in [2.75, 3.05) is 39.0 Å². The van der Waals surface area contributed by atoms with Gasteiger partial charge in [0.2, 0.25) is 16.0 Å². The zero-order chi connectivity index (χ0) is 18.2. The maximum absolute atomic E-state index is 13.1. The fraction of sp³-hybridized carbons (Fsp3) is 0.375. The van der Waals surface area contributed by atoms with Crippen LogP contribution in [0.5, 0.6) is 0 Å². The third-order valence-electron chi connectivity index (χ3n) is 4.32. The lowest BCUT2D eigenvalue weighted by atomic mass is 10.1. The summed E-state index contributed by atoms with van der Waals surface area (Å²) in [4.78, 5) is 10.5. The van der Waals surface area contributed by atoms with E-state index in [0.29, 0.717) is 23.3 Å². The second-order valence-corrected chi connectivity index (χ2v) is 8.84. The number of aryl methyl sites for hydroxylation is 1. The van der Waals surface area contributed by atoms with Gasteiger partial charge in [0.15, 0.2) is 0 Å². The molecular weight excluding hydrogens is 406 g/mol. The molecule has 0 aliphatic carbocycles. The van der Waals surface area contributed by atoms with Crippen LogP contribution in [0.15, 0.2) is 33.8 Å². The number of sulfonamides is 1. The van der Waals surface area contributed by atoms with E-state index in [2.05, 4.69) is 30.8 Å². The molecule has 3 rings (SSSR count). The van der Waals surface area contributed by atoms with Crippen molar-refractivity contribution in [3.63, 3.8) is 0 Å². The first kappa shape index (κ1) is 18.2. The lowest BCUT2D eigenvalue weighted by molar-refractivity contribution is 0.222. The number of nitrogens with zero attached hydrogens (tertiary/aromatic N) is 4. The molecule has 134 valence electrons. The quantitative estimate of drug-likeness (QED) is 0.804. The van der Waals surface area contributed by atoms with E-state index in [-0.39, 0.29) is 10.8 Å². The summed E-state index contributed by atoms with van der Waals surface area (Å²) < 4.78 is 28.2. The minimum Gasteiger partial charge on any atom is -0.368 e. The summed E-state index contributed by atoms with van der Waals surface area (Å²) >= 11 is 3.38. The van der Waals surface area contributed by atoms with Gasteiger partial charge < -0.3 is 10.6 Å². The van der Waals surface area contributed by atoms with Crippen LogP contribution in [-0.4, -0.2) is 60.8 Å². The lowest BCUT2D eigenvalue weighted by Crippen LogP contribution is -2.47. The summed E-state index contributed by atoms with van der Waals surface area (Å²) in [6.45, 7) is 4.24. The van der Waals surface area contributed by atoms with Gasteiger partial charge in [-0.25, -0.2) is 18.4 Å². The number of hydrogen-bond donors (Lipinski definition) is 1. The van der Waals surface area contributed by atoms with E-state index in [1.165, 1.54) is 4.31 Å². The summed E-state index contributed by atoms with van der Waals surface area (Å²) in [6.07, 6.45) is 1.62. The Kier molecular flexibility index (Phi) is 5.10. The predicted molar refractivity (Wildman–Crippen MR) is 101 cm³/mol. The number of likely N-dealkylation sites (N-methyl/N-ethyl adjacent to an activating group) is 1. The van der Waals surface area contributed by atoms with Gasteiger partial charge in [-0.3, -0.25) is 0 Å². The smallest absolute Gasteiger partial charge is 0.244 e. The molecule has 0 unspecified atom stereocenters. The zero-order valence-electron chi connectivity index (χ0n) is 14.1. The van der Waals surface area contributed by atoms with Gasteiger partial charge in [-0.15, -0.1) is 0 Å². The van der Waals surface area contributed by atoms with Gasteiger partial charge in [-0.05, 0) is 47.6 Å². The molecule has 1 fully saturated rings. The second-order valence-electron chi connectivity index (χ2n) is 6.08. The molecule has 0 radical (unpaired) electrons. The first-order valence-electron chi connectivity index (χ1n) is 7.87. The highest BCUT2D eigenvalue weighted by molar-refractivity contribution is 9.10. The highest BCUT2D eigenvalue weighted by Gasteiger charge is 2.29. The van der Waals surface area contributed by atoms with Gasteiger partial charge in [0.1, 0.15) is 0 Å². The summed E-state index contributed by atoms with van der Waals surface area (Å²) in [7, 11) is -1.58.